The fourth-order valence-electron chi connectivity index (χ4n) is 5.58. The maximum absolute atomic E-state index is 2.46. The van der Waals surface area contributed by atoms with Crippen LogP contribution in [0, 0.1) is 0 Å². The Hall–Kier alpha value is 0.250. The van der Waals surface area contributed by atoms with E-state index in [1.807, 2.05) is 0 Å². The molecule has 0 aliphatic carbocycles. The van der Waals surface area contributed by atoms with Gasteiger partial charge in [-0.25, -0.2) is 0 Å². The van der Waals surface area contributed by atoms with Crippen molar-refractivity contribution in [3.8, 4) is 0 Å². The average Bonchev–Trinajstić information content (AvgIpc) is 2.84. The first kappa shape index (κ1) is 38.4. The lowest BCUT2D eigenvalue weighted by atomic mass is 10.0. The van der Waals surface area contributed by atoms with E-state index in [0.29, 0.717) is 0 Å². The molecule has 0 bridgehead atoms. The normalized spacial score (nSPS) is 11.7. The van der Waals surface area contributed by atoms with Gasteiger partial charge >= 0.3 is 0 Å². The van der Waals surface area contributed by atoms with Gasteiger partial charge in [0, 0.05) is 0 Å². The van der Waals surface area contributed by atoms with E-state index in [4.69, 9.17) is 0 Å². The minimum atomic E-state index is 0. The summed E-state index contributed by atoms with van der Waals surface area (Å²) in [4.78, 5) is 0. The Morgan fingerprint density at radius 1 is 0.278 bits per heavy atom. The topological polar surface area (TPSA) is 0 Å². The van der Waals surface area contributed by atoms with Gasteiger partial charge in [-0.05, 0) is 25.7 Å². The molecule has 0 rings (SSSR count). The van der Waals surface area contributed by atoms with E-state index in [1.54, 1.807) is 0 Å². The number of unbranched alkanes of at least 4 members (excludes halogenated alkanes) is 26. The number of hydrogen-bond acceptors (Lipinski definition) is 0. The molecular weight excluding hydrogens is 458 g/mol. The third-order valence-electron chi connectivity index (χ3n) is 8.23. The van der Waals surface area contributed by atoms with Crippen LogP contribution in [0.1, 0.15) is 194 Å². The molecule has 0 fully saturated rings. The van der Waals surface area contributed by atoms with Crippen molar-refractivity contribution in [1.29, 1.82) is 0 Å². The molecule has 0 unspecified atom stereocenters. The number of quaternary nitrogens is 1. The summed E-state index contributed by atoms with van der Waals surface area (Å²) in [6, 6.07) is 0. The molecule has 0 aromatic heterocycles. The van der Waals surface area contributed by atoms with Gasteiger partial charge in [0.1, 0.15) is 0 Å². The molecule has 220 valence electrons. The van der Waals surface area contributed by atoms with Crippen LogP contribution in [-0.4, -0.2) is 31.7 Å². The fourth-order valence-corrected chi connectivity index (χ4v) is 5.58. The molecule has 0 radical (unpaired) electrons. The van der Waals surface area contributed by atoms with Gasteiger partial charge in [0.05, 0.1) is 27.2 Å². The lowest BCUT2D eigenvalue weighted by molar-refractivity contribution is -0.890. The van der Waals surface area contributed by atoms with Gasteiger partial charge in [0.25, 0.3) is 0 Å². The van der Waals surface area contributed by atoms with Crippen molar-refractivity contribution in [2.75, 3.05) is 27.2 Å². The molecule has 2 heteroatoms. The lowest BCUT2D eigenvalue weighted by Gasteiger charge is -2.30. The van der Waals surface area contributed by atoms with E-state index < -0.39 is 0 Å². The predicted octanol–water partition coefficient (Wildman–Crippen LogP) is 9.03. The van der Waals surface area contributed by atoms with Crippen LogP contribution in [0.2, 0.25) is 0 Å². The van der Waals surface area contributed by atoms with Crippen LogP contribution in [0.3, 0.4) is 0 Å². The second-order valence-electron chi connectivity index (χ2n) is 12.6. The molecule has 0 heterocycles. The zero-order valence-corrected chi connectivity index (χ0v) is 26.8. The summed E-state index contributed by atoms with van der Waals surface area (Å²) >= 11 is 0. The molecule has 36 heavy (non-hydrogen) atoms. The van der Waals surface area contributed by atoms with E-state index in [9.17, 15) is 0 Å². The summed E-state index contributed by atoms with van der Waals surface area (Å²) in [6.07, 6.45) is 40.9. The van der Waals surface area contributed by atoms with Crippen LogP contribution in [0.5, 0.6) is 0 Å². The summed E-state index contributed by atoms with van der Waals surface area (Å²) in [7, 11) is 4.93. The first-order chi connectivity index (χ1) is 17.1. The average molecular weight is 530 g/mol. The van der Waals surface area contributed by atoms with Crippen molar-refractivity contribution >= 4 is 0 Å². The van der Waals surface area contributed by atoms with Crippen LogP contribution in [0.4, 0.5) is 0 Å². The zero-order valence-electron chi connectivity index (χ0n) is 26.0. The molecular formula is C34H72ClN. The number of nitrogens with zero attached hydrogens (tertiary/aromatic N) is 1. The summed E-state index contributed by atoms with van der Waals surface area (Å²) in [5.41, 5.74) is 0. The SMILES string of the molecule is CCCCCCCCCCCCCCCC[N+](C)(C)CCCCCCCCCCCCCCCC.[Cl-]. The minimum Gasteiger partial charge on any atom is -1.00 e. The van der Waals surface area contributed by atoms with E-state index >= 15 is 0 Å². The highest BCUT2D eigenvalue weighted by Crippen LogP contribution is 2.15. The molecule has 0 aromatic carbocycles. The largest absolute Gasteiger partial charge is 1.00 e. The van der Waals surface area contributed by atoms with Gasteiger partial charge in [-0.15, -0.1) is 0 Å². The van der Waals surface area contributed by atoms with Crippen LogP contribution < -0.4 is 12.4 Å². The van der Waals surface area contributed by atoms with Crippen LogP contribution in [0.15, 0.2) is 0 Å². The standard InChI is InChI=1S/C34H72N.ClH/c1-5-7-9-11-13-15-17-19-21-23-25-27-29-31-33-35(3,4)34-32-30-28-26-24-22-20-18-16-14-12-10-8-6-2;/h5-34H2,1-4H3;1H/q+1;/p-1. The second kappa shape index (κ2) is 31.5. The van der Waals surface area contributed by atoms with Crippen LogP contribution in [0.25, 0.3) is 0 Å². The predicted molar refractivity (Wildman–Crippen MR) is 162 cm³/mol. The van der Waals surface area contributed by atoms with Crippen molar-refractivity contribution in [1.82, 2.24) is 0 Å². The molecule has 0 aromatic rings. The van der Waals surface area contributed by atoms with Crippen LogP contribution >= 0.6 is 0 Å². The number of rotatable bonds is 30. The Balaban J connectivity index is 0. The highest BCUT2D eigenvalue weighted by Gasteiger charge is 2.13. The van der Waals surface area contributed by atoms with Crippen molar-refractivity contribution in [3.05, 3.63) is 0 Å². The number of halogens is 1. The molecule has 0 N–H and O–H groups in total. The molecule has 0 atom stereocenters. The fraction of sp³-hybridized carbons (Fsp3) is 1.00. The Labute approximate surface area is 237 Å². The molecule has 0 aliphatic rings. The Kier molecular flexibility index (Phi) is 33.6. The lowest BCUT2D eigenvalue weighted by Crippen LogP contribution is -3.00. The van der Waals surface area contributed by atoms with Crippen LogP contribution in [-0.2, 0) is 0 Å². The van der Waals surface area contributed by atoms with Gasteiger partial charge in [-0.1, -0.05) is 168 Å². The summed E-state index contributed by atoms with van der Waals surface area (Å²) in [5.74, 6) is 0. The monoisotopic (exact) mass is 530 g/mol. The Morgan fingerprint density at radius 3 is 0.639 bits per heavy atom. The Morgan fingerprint density at radius 2 is 0.444 bits per heavy atom. The zero-order chi connectivity index (χ0) is 25.7. The Bertz CT molecular complexity index is 347. The maximum atomic E-state index is 2.46. The van der Waals surface area contributed by atoms with Gasteiger partial charge in [0.15, 0.2) is 0 Å². The van der Waals surface area contributed by atoms with E-state index in [1.165, 1.54) is 197 Å². The molecule has 0 spiro atoms. The van der Waals surface area contributed by atoms with Gasteiger partial charge in [0.2, 0.25) is 0 Å². The molecule has 0 saturated carbocycles. The summed E-state index contributed by atoms with van der Waals surface area (Å²) < 4.78 is 1.25. The second-order valence-corrected chi connectivity index (χ2v) is 12.6. The van der Waals surface area contributed by atoms with E-state index in [0.717, 1.165) is 0 Å². The highest BCUT2D eigenvalue weighted by atomic mass is 35.5. The third-order valence-corrected chi connectivity index (χ3v) is 8.23. The van der Waals surface area contributed by atoms with E-state index in [2.05, 4.69) is 27.9 Å². The molecule has 0 aliphatic heterocycles. The summed E-state index contributed by atoms with van der Waals surface area (Å²) in [6.45, 7) is 7.38. The third kappa shape index (κ3) is 32.3. The van der Waals surface area contributed by atoms with Gasteiger partial charge in [-0.3, -0.25) is 0 Å². The smallest absolute Gasteiger partial charge is 0.0782 e. The first-order valence-electron chi connectivity index (χ1n) is 16.9. The van der Waals surface area contributed by atoms with Crippen molar-refractivity contribution in [2.45, 2.75) is 194 Å². The highest BCUT2D eigenvalue weighted by molar-refractivity contribution is 4.51. The maximum Gasteiger partial charge on any atom is 0.0782 e. The first-order valence-corrected chi connectivity index (χ1v) is 16.9. The van der Waals surface area contributed by atoms with Crippen molar-refractivity contribution in [2.24, 2.45) is 0 Å². The number of hydrogen-bond donors (Lipinski definition) is 0. The summed E-state index contributed by atoms with van der Waals surface area (Å²) in [5, 5.41) is 0. The molecule has 1 nitrogen and oxygen atoms in total. The van der Waals surface area contributed by atoms with Crippen molar-refractivity contribution < 1.29 is 16.9 Å². The molecule has 0 amide bonds. The minimum absolute atomic E-state index is 0. The van der Waals surface area contributed by atoms with Crippen molar-refractivity contribution in [3.63, 3.8) is 0 Å². The van der Waals surface area contributed by atoms with Gasteiger partial charge < -0.3 is 16.9 Å². The van der Waals surface area contributed by atoms with E-state index in [-0.39, 0.29) is 12.4 Å². The molecule has 0 saturated heterocycles. The van der Waals surface area contributed by atoms with Gasteiger partial charge in [-0.2, -0.15) is 0 Å². The quantitative estimate of drug-likeness (QED) is 0.0642.